The summed E-state index contributed by atoms with van der Waals surface area (Å²) in [5, 5.41) is 2.14. The number of esters is 1. The van der Waals surface area contributed by atoms with Crippen LogP contribution in [0.3, 0.4) is 0 Å². The summed E-state index contributed by atoms with van der Waals surface area (Å²) >= 11 is 0.714. The van der Waals surface area contributed by atoms with Crippen molar-refractivity contribution in [3.8, 4) is 0 Å². The summed E-state index contributed by atoms with van der Waals surface area (Å²) in [4.78, 5) is 28.4. The molecular weight excluding hydrogens is 567 g/mol. The number of nitrogens with zero attached hydrogens (tertiary/aromatic N) is 1. The minimum absolute atomic E-state index is 0.0172. The topological polar surface area (TPSA) is 114 Å². The van der Waals surface area contributed by atoms with Gasteiger partial charge in [-0.2, -0.15) is 0 Å². The highest BCUT2D eigenvalue weighted by molar-refractivity contribution is 7.92. The van der Waals surface area contributed by atoms with E-state index in [1.165, 1.54) is 24.3 Å². The Morgan fingerprint density at radius 2 is 1.68 bits per heavy atom. The van der Waals surface area contributed by atoms with Gasteiger partial charge >= 0.3 is 5.97 Å². The third-order valence-corrected chi connectivity index (χ3v) is 8.26. The van der Waals surface area contributed by atoms with E-state index in [1.54, 1.807) is 19.1 Å². The molecule has 1 heterocycles. The average Bonchev–Trinajstić information content (AvgIpc) is 3.27. The number of aryl methyl sites for hydroxylation is 1. The number of rotatable bonds is 7. The van der Waals surface area contributed by atoms with Gasteiger partial charge in [0.05, 0.1) is 15.2 Å². The molecular formula is C27H24F3N3O5S2. The summed E-state index contributed by atoms with van der Waals surface area (Å²) in [6, 6.07) is 11.4. The molecule has 0 atom stereocenters. The number of ether oxygens (including phenoxy) is 1. The molecule has 210 valence electrons. The maximum Gasteiger partial charge on any atom is 0.338 e. The second-order valence-corrected chi connectivity index (χ2v) is 12.6. The molecule has 8 nitrogen and oxygen atoms in total. The van der Waals surface area contributed by atoms with E-state index in [0.29, 0.717) is 16.9 Å². The maximum absolute atomic E-state index is 13.8. The third-order valence-electron chi connectivity index (χ3n) is 5.82. The molecule has 0 radical (unpaired) electrons. The average molecular weight is 592 g/mol. The lowest BCUT2D eigenvalue weighted by atomic mass is 9.87. The first kappa shape index (κ1) is 29.0. The number of thiazole rings is 1. The number of nitrogens with one attached hydrogen (secondary N) is 2. The Morgan fingerprint density at radius 1 is 1.00 bits per heavy atom. The highest BCUT2D eigenvalue weighted by Crippen LogP contribution is 2.31. The van der Waals surface area contributed by atoms with E-state index in [-0.39, 0.29) is 31.4 Å². The number of halogens is 3. The molecule has 1 amide bonds. The Kier molecular flexibility index (Phi) is 7.90. The summed E-state index contributed by atoms with van der Waals surface area (Å²) in [5.74, 6) is -6.21. The van der Waals surface area contributed by atoms with Gasteiger partial charge in [0, 0.05) is 5.69 Å². The standard InChI is InChI=1S/C27H24F3N3O5S2/c1-14-5-8-16(27(2,3)4)11-20(14)40(36,37)33-17-9-6-15(7-10-17)25(35)38-13-21(34)31-26-32-24-19(39-26)12-18(28)22(29)23(24)30/h5-12,33H,13H2,1-4H3,(H,31,32,34). The molecule has 2 N–H and O–H groups in total. The molecule has 0 aliphatic rings. The van der Waals surface area contributed by atoms with E-state index in [4.69, 9.17) is 4.74 Å². The van der Waals surface area contributed by atoms with Crippen LogP contribution in [0.5, 0.6) is 0 Å². The van der Waals surface area contributed by atoms with Crippen molar-refractivity contribution in [1.29, 1.82) is 0 Å². The van der Waals surface area contributed by atoms with Gasteiger partial charge in [-0.25, -0.2) is 31.4 Å². The van der Waals surface area contributed by atoms with E-state index in [9.17, 15) is 31.2 Å². The van der Waals surface area contributed by atoms with Crippen molar-refractivity contribution in [2.45, 2.75) is 38.0 Å². The number of sulfonamides is 1. The minimum Gasteiger partial charge on any atom is -0.452 e. The lowest BCUT2D eigenvalue weighted by Gasteiger charge is -2.21. The van der Waals surface area contributed by atoms with Crippen LogP contribution in [-0.2, 0) is 25.0 Å². The molecule has 4 rings (SSSR count). The zero-order chi connectivity index (χ0) is 29.4. The van der Waals surface area contributed by atoms with Crippen LogP contribution in [0.15, 0.2) is 53.4 Å². The number of hydrogen-bond donors (Lipinski definition) is 2. The first-order valence-corrected chi connectivity index (χ1v) is 14.1. The first-order valence-electron chi connectivity index (χ1n) is 11.8. The molecule has 1 aromatic heterocycles. The number of anilines is 2. The zero-order valence-electron chi connectivity index (χ0n) is 21.8. The highest BCUT2D eigenvalue weighted by atomic mass is 32.2. The zero-order valence-corrected chi connectivity index (χ0v) is 23.4. The molecule has 0 saturated carbocycles. The van der Waals surface area contributed by atoms with Crippen LogP contribution < -0.4 is 10.0 Å². The smallest absolute Gasteiger partial charge is 0.338 e. The van der Waals surface area contributed by atoms with Crippen LogP contribution in [0.4, 0.5) is 24.0 Å². The number of amides is 1. The van der Waals surface area contributed by atoms with Crippen molar-refractivity contribution < 1.29 is 35.9 Å². The van der Waals surface area contributed by atoms with Crippen molar-refractivity contribution >= 4 is 54.3 Å². The van der Waals surface area contributed by atoms with Crippen molar-refractivity contribution in [1.82, 2.24) is 4.98 Å². The number of hydrogen-bond acceptors (Lipinski definition) is 7. The fourth-order valence-electron chi connectivity index (χ4n) is 3.64. The molecule has 40 heavy (non-hydrogen) atoms. The second-order valence-electron chi connectivity index (χ2n) is 9.89. The monoisotopic (exact) mass is 591 g/mol. The molecule has 0 saturated heterocycles. The Labute approximate surface area is 232 Å². The predicted molar refractivity (Wildman–Crippen MR) is 146 cm³/mol. The molecule has 0 bridgehead atoms. The summed E-state index contributed by atoms with van der Waals surface area (Å²) in [6.45, 7) is 6.92. The minimum atomic E-state index is -3.92. The fraction of sp³-hybridized carbons (Fsp3) is 0.222. The number of carbonyl (C=O) groups excluding carboxylic acids is 2. The van der Waals surface area contributed by atoms with Crippen LogP contribution in [0.25, 0.3) is 10.2 Å². The third kappa shape index (κ3) is 6.26. The Balaban J connectivity index is 1.37. The summed E-state index contributed by atoms with van der Waals surface area (Å²) in [5.41, 5.74) is 1.01. The van der Waals surface area contributed by atoms with Gasteiger partial charge < -0.3 is 4.74 Å². The van der Waals surface area contributed by atoms with Crippen molar-refractivity contribution in [2.75, 3.05) is 16.6 Å². The Hall–Kier alpha value is -3.97. The number of carbonyl (C=O) groups is 2. The largest absolute Gasteiger partial charge is 0.452 e. The van der Waals surface area contributed by atoms with Gasteiger partial charge in [0.25, 0.3) is 15.9 Å². The van der Waals surface area contributed by atoms with Gasteiger partial charge in [-0.3, -0.25) is 14.8 Å². The fourth-order valence-corrected chi connectivity index (χ4v) is 5.87. The summed E-state index contributed by atoms with van der Waals surface area (Å²) < 4.78 is 74.2. The summed E-state index contributed by atoms with van der Waals surface area (Å²) in [7, 11) is -3.92. The number of fused-ring (bicyclic) bond motifs is 1. The molecule has 0 aliphatic carbocycles. The van der Waals surface area contributed by atoms with Crippen molar-refractivity contribution in [3.05, 3.63) is 82.7 Å². The Bertz CT molecular complexity index is 1730. The second kappa shape index (κ2) is 10.9. The van der Waals surface area contributed by atoms with Crippen LogP contribution in [0.1, 0.15) is 42.3 Å². The van der Waals surface area contributed by atoms with Gasteiger partial charge in [-0.15, -0.1) is 0 Å². The molecule has 4 aromatic rings. The molecule has 0 fully saturated rings. The Morgan fingerprint density at radius 3 is 2.33 bits per heavy atom. The van der Waals surface area contributed by atoms with Gasteiger partial charge in [0.15, 0.2) is 29.2 Å². The molecule has 0 unspecified atom stereocenters. The number of benzene rings is 3. The number of aromatic nitrogens is 1. The predicted octanol–water partition coefficient (Wildman–Crippen LogP) is 5.92. The quantitative estimate of drug-likeness (QED) is 0.204. The molecule has 3 aromatic carbocycles. The van der Waals surface area contributed by atoms with Crippen molar-refractivity contribution in [3.63, 3.8) is 0 Å². The highest BCUT2D eigenvalue weighted by Gasteiger charge is 2.22. The van der Waals surface area contributed by atoms with E-state index >= 15 is 0 Å². The lowest BCUT2D eigenvalue weighted by Crippen LogP contribution is -2.21. The van der Waals surface area contributed by atoms with Crippen LogP contribution in [0.2, 0.25) is 0 Å². The van der Waals surface area contributed by atoms with Crippen LogP contribution >= 0.6 is 11.3 Å². The van der Waals surface area contributed by atoms with Gasteiger partial charge in [0.1, 0.15) is 5.52 Å². The normalized spacial score (nSPS) is 11.9. The summed E-state index contributed by atoms with van der Waals surface area (Å²) in [6.07, 6.45) is 0. The van der Waals surface area contributed by atoms with E-state index < -0.39 is 51.5 Å². The van der Waals surface area contributed by atoms with E-state index in [0.717, 1.165) is 11.6 Å². The SMILES string of the molecule is Cc1ccc(C(C)(C)C)cc1S(=O)(=O)Nc1ccc(C(=O)OCC(=O)Nc2nc3c(F)c(F)c(F)cc3s2)cc1. The lowest BCUT2D eigenvalue weighted by molar-refractivity contribution is -0.119. The van der Waals surface area contributed by atoms with Gasteiger partial charge in [-0.1, -0.05) is 44.2 Å². The molecule has 0 aliphatic heterocycles. The van der Waals surface area contributed by atoms with E-state index in [2.05, 4.69) is 15.0 Å². The molecule has 13 heteroatoms. The first-order chi connectivity index (χ1) is 18.7. The van der Waals surface area contributed by atoms with Gasteiger partial charge in [0.2, 0.25) is 0 Å². The van der Waals surface area contributed by atoms with Crippen LogP contribution in [-0.4, -0.2) is 31.9 Å². The van der Waals surface area contributed by atoms with Crippen molar-refractivity contribution in [2.24, 2.45) is 0 Å². The van der Waals surface area contributed by atoms with E-state index in [1.807, 2.05) is 26.8 Å². The van der Waals surface area contributed by atoms with Crippen LogP contribution in [0, 0.1) is 24.4 Å². The maximum atomic E-state index is 13.8. The van der Waals surface area contributed by atoms with Gasteiger partial charge in [-0.05, 0) is 59.9 Å². The molecule has 0 spiro atoms.